The van der Waals surface area contributed by atoms with Gasteiger partial charge in [-0.2, -0.15) is 0 Å². The molecule has 0 spiro atoms. The maximum absolute atomic E-state index is 11.5. The number of hydrogen-bond donors (Lipinski definition) is 1. The number of aromatic nitrogens is 1. The van der Waals surface area contributed by atoms with Crippen molar-refractivity contribution in [3.63, 3.8) is 0 Å². The van der Waals surface area contributed by atoms with Crippen molar-refractivity contribution in [2.75, 3.05) is 18.1 Å². The second-order valence-electron chi connectivity index (χ2n) is 5.68. The van der Waals surface area contributed by atoms with Crippen molar-refractivity contribution in [1.82, 2.24) is 4.98 Å². The molecule has 1 aliphatic rings. The lowest BCUT2D eigenvalue weighted by atomic mass is 9.88. The highest BCUT2D eigenvalue weighted by Crippen LogP contribution is 2.30. The van der Waals surface area contributed by atoms with Crippen LogP contribution in [0, 0.1) is 5.92 Å². The van der Waals surface area contributed by atoms with Crippen LogP contribution in [0.25, 0.3) is 0 Å². The molecule has 2 rings (SSSR count). The number of rotatable bonds is 3. The van der Waals surface area contributed by atoms with Crippen molar-refractivity contribution in [3.05, 3.63) is 22.8 Å². The largest absolute Gasteiger partial charge is 0.465 e. The van der Waals surface area contributed by atoms with Gasteiger partial charge in [0.05, 0.1) is 5.60 Å². The molecule has 0 aromatic carbocycles. The van der Waals surface area contributed by atoms with Crippen molar-refractivity contribution in [2.45, 2.75) is 32.3 Å². The van der Waals surface area contributed by atoms with Crippen molar-refractivity contribution in [3.8, 4) is 0 Å². The zero-order chi connectivity index (χ0) is 14.8. The zero-order valence-electron chi connectivity index (χ0n) is 11.7. The fraction of sp³-hybridized carbons (Fsp3) is 0.571. The van der Waals surface area contributed by atoms with Crippen LogP contribution in [-0.2, 0) is 4.74 Å². The third kappa shape index (κ3) is 3.93. The van der Waals surface area contributed by atoms with Crippen LogP contribution < -0.4 is 4.90 Å². The number of carboxylic acid groups (broad SMARTS) is 1. The number of ether oxygens (including phenoxy) is 1. The van der Waals surface area contributed by atoms with Crippen LogP contribution in [0.2, 0.25) is 0 Å². The van der Waals surface area contributed by atoms with Crippen molar-refractivity contribution in [2.24, 2.45) is 5.92 Å². The van der Waals surface area contributed by atoms with Gasteiger partial charge in [0.2, 0.25) is 0 Å². The first-order valence-corrected chi connectivity index (χ1v) is 7.44. The Labute approximate surface area is 127 Å². The molecular weight excluding hydrogens is 324 g/mol. The first-order valence-electron chi connectivity index (χ1n) is 6.64. The molecule has 1 saturated heterocycles. The van der Waals surface area contributed by atoms with E-state index in [1.807, 2.05) is 13.8 Å². The van der Waals surface area contributed by atoms with E-state index in [0.717, 1.165) is 12.8 Å². The molecule has 0 bridgehead atoms. The van der Waals surface area contributed by atoms with E-state index >= 15 is 0 Å². The Morgan fingerprint density at radius 1 is 1.60 bits per heavy atom. The molecule has 5 nitrogen and oxygen atoms in total. The second kappa shape index (κ2) is 6.10. The van der Waals surface area contributed by atoms with Crippen LogP contribution in [0.1, 0.15) is 26.7 Å². The summed E-state index contributed by atoms with van der Waals surface area (Å²) < 4.78 is 6.31. The second-order valence-corrected chi connectivity index (χ2v) is 6.49. The average Bonchev–Trinajstić information content (AvgIpc) is 2.34. The lowest BCUT2D eigenvalue weighted by molar-refractivity contribution is -0.0707. The summed E-state index contributed by atoms with van der Waals surface area (Å²) in [4.78, 5) is 17.0. The van der Waals surface area contributed by atoms with E-state index in [1.165, 1.54) is 4.90 Å². The third-order valence-electron chi connectivity index (χ3n) is 3.45. The van der Waals surface area contributed by atoms with Gasteiger partial charge in [-0.15, -0.1) is 0 Å². The van der Waals surface area contributed by atoms with E-state index in [1.54, 1.807) is 18.2 Å². The highest BCUT2D eigenvalue weighted by Gasteiger charge is 2.31. The maximum atomic E-state index is 11.5. The lowest BCUT2D eigenvalue weighted by Crippen LogP contribution is -2.41. The minimum Gasteiger partial charge on any atom is -0.465 e. The van der Waals surface area contributed by atoms with Crippen LogP contribution in [0.3, 0.4) is 0 Å². The normalized spacial score (nSPS) is 21.4. The molecule has 20 heavy (non-hydrogen) atoms. The van der Waals surface area contributed by atoms with Crippen LogP contribution in [0.5, 0.6) is 0 Å². The van der Waals surface area contributed by atoms with Gasteiger partial charge in [0.15, 0.2) is 0 Å². The molecule has 1 aromatic rings. The summed E-state index contributed by atoms with van der Waals surface area (Å²) in [6, 6.07) is 5.28. The standard InChI is InChI=1S/C14H19BrN2O3/c1-14(2)8-10(6-7-20-14)9-17(13(18)19)12-5-3-4-11(15)16-12/h3-5,10H,6-9H2,1-2H3,(H,18,19). The number of amides is 1. The van der Waals surface area contributed by atoms with Crippen molar-refractivity contribution in [1.29, 1.82) is 0 Å². The Kier molecular flexibility index (Phi) is 4.65. The fourth-order valence-electron chi connectivity index (χ4n) is 2.59. The number of anilines is 1. The SMILES string of the molecule is CC1(C)CC(CN(C(=O)O)c2cccc(Br)n2)CCO1. The predicted molar refractivity (Wildman–Crippen MR) is 80.1 cm³/mol. The molecule has 1 amide bonds. The summed E-state index contributed by atoms with van der Waals surface area (Å²) >= 11 is 3.27. The summed E-state index contributed by atoms with van der Waals surface area (Å²) in [6.45, 7) is 5.21. The van der Waals surface area contributed by atoms with E-state index in [-0.39, 0.29) is 11.5 Å². The summed E-state index contributed by atoms with van der Waals surface area (Å²) in [7, 11) is 0. The monoisotopic (exact) mass is 342 g/mol. The van der Waals surface area contributed by atoms with Crippen LogP contribution in [-0.4, -0.2) is 34.9 Å². The summed E-state index contributed by atoms with van der Waals surface area (Å²) in [6.07, 6.45) is 0.756. The minimum absolute atomic E-state index is 0.183. The van der Waals surface area contributed by atoms with Gasteiger partial charge in [0.1, 0.15) is 10.4 Å². The molecule has 1 N–H and O–H groups in total. The molecule has 1 aliphatic heterocycles. The van der Waals surface area contributed by atoms with E-state index in [9.17, 15) is 9.90 Å². The van der Waals surface area contributed by atoms with Crippen LogP contribution >= 0.6 is 15.9 Å². The van der Waals surface area contributed by atoms with E-state index in [0.29, 0.717) is 23.6 Å². The summed E-state index contributed by atoms with van der Waals surface area (Å²) in [5.74, 6) is 0.742. The Hall–Kier alpha value is -1.14. The Balaban J connectivity index is 2.12. The predicted octanol–water partition coefficient (Wildman–Crippen LogP) is 3.53. The van der Waals surface area contributed by atoms with E-state index in [2.05, 4.69) is 20.9 Å². The van der Waals surface area contributed by atoms with Gasteiger partial charge in [-0.3, -0.25) is 4.90 Å². The highest BCUT2D eigenvalue weighted by atomic mass is 79.9. The summed E-state index contributed by atoms with van der Waals surface area (Å²) in [5, 5.41) is 9.42. The Morgan fingerprint density at radius 3 is 2.95 bits per heavy atom. The van der Waals surface area contributed by atoms with Gasteiger partial charge in [-0.25, -0.2) is 9.78 Å². The number of hydrogen-bond acceptors (Lipinski definition) is 3. The van der Waals surface area contributed by atoms with Crippen molar-refractivity contribution >= 4 is 27.8 Å². The first-order chi connectivity index (χ1) is 9.37. The van der Waals surface area contributed by atoms with Gasteiger partial charge in [0, 0.05) is 13.2 Å². The number of halogens is 1. The van der Waals surface area contributed by atoms with Gasteiger partial charge in [0.25, 0.3) is 0 Å². The van der Waals surface area contributed by atoms with Gasteiger partial charge in [-0.05, 0) is 60.7 Å². The molecule has 1 unspecified atom stereocenters. The molecule has 0 saturated carbocycles. The molecule has 110 valence electrons. The van der Waals surface area contributed by atoms with Crippen LogP contribution in [0.15, 0.2) is 22.8 Å². The third-order valence-corrected chi connectivity index (χ3v) is 3.89. The maximum Gasteiger partial charge on any atom is 0.413 e. The molecule has 6 heteroatoms. The lowest BCUT2D eigenvalue weighted by Gasteiger charge is -2.37. The van der Waals surface area contributed by atoms with Crippen LogP contribution in [0.4, 0.5) is 10.6 Å². The smallest absolute Gasteiger partial charge is 0.413 e. The zero-order valence-corrected chi connectivity index (χ0v) is 13.3. The van der Waals surface area contributed by atoms with Gasteiger partial charge in [-0.1, -0.05) is 6.07 Å². The van der Waals surface area contributed by atoms with E-state index < -0.39 is 6.09 Å². The number of pyridine rings is 1. The molecular formula is C14H19BrN2O3. The quantitative estimate of drug-likeness (QED) is 0.853. The molecule has 0 radical (unpaired) electrons. The molecule has 1 fully saturated rings. The molecule has 2 heterocycles. The summed E-state index contributed by atoms with van der Waals surface area (Å²) in [5.41, 5.74) is -0.183. The minimum atomic E-state index is -0.972. The first kappa shape index (κ1) is 15.3. The number of nitrogens with zero attached hydrogens (tertiary/aromatic N) is 2. The number of carbonyl (C=O) groups is 1. The van der Waals surface area contributed by atoms with Gasteiger partial charge < -0.3 is 9.84 Å². The highest BCUT2D eigenvalue weighted by molar-refractivity contribution is 9.10. The molecule has 0 aliphatic carbocycles. The fourth-order valence-corrected chi connectivity index (χ4v) is 2.92. The Morgan fingerprint density at radius 2 is 2.35 bits per heavy atom. The topological polar surface area (TPSA) is 62.7 Å². The molecule has 1 aromatic heterocycles. The average molecular weight is 343 g/mol. The molecule has 1 atom stereocenters. The Bertz CT molecular complexity index is 493. The van der Waals surface area contributed by atoms with Gasteiger partial charge >= 0.3 is 6.09 Å². The van der Waals surface area contributed by atoms with Crippen molar-refractivity contribution < 1.29 is 14.6 Å². The van der Waals surface area contributed by atoms with E-state index in [4.69, 9.17) is 4.74 Å².